The monoisotopic (exact) mass is 220 g/mol. The zero-order valence-corrected chi connectivity index (χ0v) is 8.82. The lowest BCUT2D eigenvalue weighted by Crippen LogP contribution is -2.19. The van der Waals surface area contributed by atoms with Gasteiger partial charge in [0.05, 0.1) is 5.71 Å². The molecule has 0 aliphatic carbocycles. The standard InChI is InChI=1S/C11H12N2O3/c1-6(13-16)8-4-7-2-3-11(15)12-9(7)5-10(8)14/h4-5,14,16H,2-3H2,1H3,(H,12,15)/b13-6+. The van der Waals surface area contributed by atoms with Crippen molar-refractivity contribution >= 4 is 17.3 Å². The first kappa shape index (κ1) is 10.5. The Morgan fingerprint density at radius 2 is 2.19 bits per heavy atom. The third kappa shape index (κ3) is 1.71. The molecule has 84 valence electrons. The van der Waals surface area contributed by atoms with E-state index in [0.717, 1.165) is 5.56 Å². The molecule has 0 saturated carbocycles. The first-order valence-corrected chi connectivity index (χ1v) is 4.96. The van der Waals surface area contributed by atoms with Crippen molar-refractivity contribution in [3.05, 3.63) is 23.3 Å². The summed E-state index contributed by atoms with van der Waals surface area (Å²) in [7, 11) is 0. The molecule has 1 heterocycles. The Bertz CT molecular complexity index is 480. The molecule has 1 aromatic rings. The largest absolute Gasteiger partial charge is 0.507 e. The SMILES string of the molecule is C/C(=N\O)c1cc2c(cc1O)NC(=O)CC2. The molecular formula is C11H12N2O3. The zero-order valence-electron chi connectivity index (χ0n) is 8.82. The molecule has 5 nitrogen and oxygen atoms in total. The predicted molar refractivity (Wildman–Crippen MR) is 59.1 cm³/mol. The second-order valence-corrected chi connectivity index (χ2v) is 3.76. The van der Waals surface area contributed by atoms with Crippen molar-refractivity contribution in [1.82, 2.24) is 0 Å². The summed E-state index contributed by atoms with van der Waals surface area (Å²) in [6, 6.07) is 3.22. The smallest absolute Gasteiger partial charge is 0.224 e. The Kier molecular flexibility index (Phi) is 2.52. The quantitative estimate of drug-likeness (QED) is 0.381. The van der Waals surface area contributed by atoms with Gasteiger partial charge in [-0.2, -0.15) is 0 Å². The number of carbonyl (C=O) groups is 1. The molecule has 0 saturated heterocycles. The molecule has 0 atom stereocenters. The number of carbonyl (C=O) groups excluding carboxylic acids is 1. The number of anilines is 1. The van der Waals surface area contributed by atoms with Gasteiger partial charge in [-0.1, -0.05) is 5.16 Å². The number of nitrogens with one attached hydrogen (secondary N) is 1. The van der Waals surface area contributed by atoms with Crippen LogP contribution in [0.4, 0.5) is 5.69 Å². The number of amides is 1. The Hall–Kier alpha value is -2.04. The molecule has 0 spiro atoms. The number of hydrogen-bond acceptors (Lipinski definition) is 4. The lowest BCUT2D eigenvalue weighted by molar-refractivity contribution is -0.116. The minimum absolute atomic E-state index is 0.00347. The number of hydrogen-bond donors (Lipinski definition) is 3. The highest BCUT2D eigenvalue weighted by Crippen LogP contribution is 2.30. The molecule has 2 rings (SSSR count). The van der Waals surface area contributed by atoms with Gasteiger partial charge in [-0.3, -0.25) is 4.79 Å². The molecule has 0 bridgehead atoms. The highest BCUT2D eigenvalue weighted by atomic mass is 16.4. The Morgan fingerprint density at radius 3 is 2.88 bits per heavy atom. The Balaban J connectivity index is 2.50. The van der Waals surface area contributed by atoms with E-state index in [-0.39, 0.29) is 11.7 Å². The molecule has 0 fully saturated rings. The molecule has 1 aromatic carbocycles. The Labute approximate surface area is 92.4 Å². The number of oxime groups is 1. The van der Waals surface area contributed by atoms with Crippen LogP contribution in [-0.4, -0.2) is 21.9 Å². The van der Waals surface area contributed by atoms with Crippen LogP contribution < -0.4 is 5.32 Å². The number of phenols is 1. The van der Waals surface area contributed by atoms with E-state index in [1.165, 1.54) is 6.07 Å². The van der Waals surface area contributed by atoms with Gasteiger partial charge in [0.25, 0.3) is 0 Å². The maximum absolute atomic E-state index is 11.2. The number of nitrogens with zero attached hydrogens (tertiary/aromatic N) is 1. The fraction of sp³-hybridized carbons (Fsp3) is 0.273. The summed E-state index contributed by atoms with van der Waals surface area (Å²) in [5.41, 5.74) is 2.40. The molecule has 16 heavy (non-hydrogen) atoms. The third-order valence-corrected chi connectivity index (χ3v) is 2.66. The predicted octanol–water partition coefficient (Wildman–Crippen LogP) is 1.48. The van der Waals surface area contributed by atoms with Gasteiger partial charge in [-0.15, -0.1) is 0 Å². The summed E-state index contributed by atoms with van der Waals surface area (Å²) in [6.07, 6.45) is 1.07. The van der Waals surface area contributed by atoms with Crippen molar-refractivity contribution in [2.75, 3.05) is 5.32 Å². The molecule has 1 aliphatic heterocycles. The van der Waals surface area contributed by atoms with Crippen molar-refractivity contribution in [3.8, 4) is 5.75 Å². The van der Waals surface area contributed by atoms with E-state index in [9.17, 15) is 9.90 Å². The van der Waals surface area contributed by atoms with Gasteiger partial charge in [-0.05, 0) is 25.0 Å². The molecule has 3 N–H and O–H groups in total. The fourth-order valence-corrected chi connectivity index (χ4v) is 1.76. The van der Waals surface area contributed by atoms with Crippen LogP contribution in [0.25, 0.3) is 0 Å². The van der Waals surface area contributed by atoms with E-state index in [1.54, 1.807) is 13.0 Å². The fourth-order valence-electron chi connectivity index (χ4n) is 1.76. The van der Waals surface area contributed by atoms with Crippen LogP contribution in [0.1, 0.15) is 24.5 Å². The van der Waals surface area contributed by atoms with Crippen molar-refractivity contribution < 1.29 is 15.1 Å². The highest BCUT2D eigenvalue weighted by molar-refractivity contribution is 6.02. The summed E-state index contributed by atoms with van der Waals surface area (Å²) in [5.74, 6) is -0.0524. The van der Waals surface area contributed by atoms with Gasteiger partial charge < -0.3 is 15.6 Å². The lowest BCUT2D eigenvalue weighted by atomic mass is 9.98. The average Bonchev–Trinajstić information content (AvgIpc) is 2.27. The van der Waals surface area contributed by atoms with Crippen molar-refractivity contribution in [3.63, 3.8) is 0 Å². The maximum atomic E-state index is 11.2. The lowest BCUT2D eigenvalue weighted by Gasteiger charge is -2.18. The molecule has 0 unspecified atom stereocenters. The summed E-state index contributed by atoms with van der Waals surface area (Å²) < 4.78 is 0. The van der Waals surface area contributed by atoms with Crippen LogP contribution >= 0.6 is 0 Å². The number of benzene rings is 1. The first-order chi connectivity index (χ1) is 7.61. The number of rotatable bonds is 1. The van der Waals surface area contributed by atoms with E-state index in [2.05, 4.69) is 10.5 Å². The zero-order chi connectivity index (χ0) is 11.7. The number of phenolic OH excluding ortho intramolecular Hbond substituents is 1. The van der Waals surface area contributed by atoms with E-state index < -0.39 is 0 Å². The average molecular weight is 220 g/mol. The van der Waals surface area contributed by atoms with Crippen molar-refractivity contribution in [1.29, 1.82) is 0 Å². The van der Waals surface area contributed by atoms with Gasteiger partial charge in [-0.25, -0.2) is 0 Å². The second-order valence-electron chi connectivity index (χ2n) is 3.76. The van der Waals surface area contributed by atoms with E-state index in [1.807, 2.05) is 0 Å². The molecule has 0 radical (unpaired) electrons. The van der Waals surface area contributed by atoms with Crippen LogP contribution in [0.5, 0.6) is 5.75 Å². The van der Waals surface area contributed by atoms with E-state index in [4.69, 9.17) is 5.21 Å². The third-order valence-electron chi connectivity index (χ3n) is 2.66. The normalized spacial score (nSPS) is 15.6. The molecule has 0 aromatic heterocycles. The van der Waals surface area contributed by atoms with Crippen LogP contribution in [0.15, 0.2) is 17.3 Å². The van der Waals surface area contributed by atoms with E-state index in [0.29, 0.717) is 29.8 Å². The summed E-state index contributed by atoms with van der Waals surface area (Å²) >= 11 is 0. The summed E-state index contributed by atoms with van der Waals surface area (Å²) in [5, 5.41) is 24.1. The van der Waals surface area contributed by atoms with Crippen LogP contribution in [-0.2, 0) is 11.2 Å². The number of fused-ring (bicyclic) bond motifs is 1. The van der Waals surface area contributed by atoms with Gasteiger partial charge >= 0.3 is 0 Å². The summed E-state index contributed by atoms with van der Waals surface area (Å²) in [4.78, 5) is 11.2. The Morgan fingerprint density at radius 1 is 1.44 bits per heavy atom. The second kappa shape index (κ2) is 3.84. The van der Waals surface area contributed by atoms with Crippen LogP contribution in [0, 0.1) is 0 Å². The van der Waals surface area contributed by atoms with Crippen LogP contribution in [0.2, 0.25) is 0 Å². The molecule has 1 aliphatic rings. The van der Waals surface area contributed by atoms with E-state index >= 15 is 0 Å². The van der Waals surface area contributed by atoms with Crippen molar-refractivity contribution in [2.24, 2.45) is 5.16 Å². The number of aryl methyl sites for hydroxylation is 1. The summed E-state index contributed by atoms with van der Waals surface area (Å²) in [6.45, 7) is 1.60. The molecule has 5 heteroatoms. The van der Waals surface area contributed by atoms with Crippen LogP contribution in [0.3, 0.4) is 0 Å². The van der Waals surface area contributed by atoms with Gasteiger partial charge in [0.15, 0.2) is 0 Å². The molecular weight excluding hydrogens is 208 g/mol. The number of aromatic hydroxyl groups is 1. The van der Waals surface area contributed by atoms with Crippen molar-refractivity contribution in [2.45, 2.75) is 19.8 Å². The minimum Gasteiger partial charge on any atom is -0.507 e. The molecule has 1 amide bonds. The highest BCUT2D eigenvalue weighted by Gasteiger charge is 2.18. The van der Waals surface area contributed by atoms with Gasteiger partial charge in [0, 0.05) is 23.7 Å². The topological polar surface area (TPSA) is 81.9 Å². The van der Waals surface area contributed by atoms with Gasteiger partial charge in [0.1, 0.15) is 5.75 Å². The first-order valence-electron chi connectivity index (χ1n) is 4.96. The minimum atomic E-state index is -0.0489. The maximum Gasteiger partial charge on any atom is 0.224 e. The van der Waals surface area contributed by atoms with Gasteiger partial charge in [0.2, 0.25) is 5.91 Å².